The molecule has 0 atom stereocenters. The molecule has 0 amide bonds. The standard InChI is InChI=1S/C14H27N5/c1-11(2)6-7-19(5)13-8-12(17-10-18-13)16-9-14(3,4)15/h8,10-11H,6-7,9,15H2,1-5H3,(H,16,17,18). The van der Waals surface area contributed by atoms with Crippen molar-refractivity contribution in [1.82, 2.24) is 9.97 Å². The lowest BCUT2D eigenvalue weighted by Gasteiger charge is -2.21. The molecule has 0 bridgehead atoms. The van der Waals surface area contributed by atoms with Gasteiger partial charge in [-0.2, -0.15) is 0 Å². The highest BCUT2D eigenvalue weighted by Crippen LogP contribution is 2.14. The molecule has 5 nitrogen and oxygen atoms in total. The Morgan fingerprint density at radius 2 is 2.05 bits per heavy atom. The van der Waals surface area contributed by atoms with Crippen LogP contribution in [0.25, 0.3) is 0 Å². The van der Waals surface area contributed by atoms with Crippen LogP contribution in [0.5, 0.6) is 0 Å². The zero-order chi connectivity index (χ0) is 14.5. The van der Waals surface area contributed by atoms with Gasteiger partial charge in [0.15, 0.2) is 0 Å². The molecule has 3 N–H and O–H groups in total. The van der Waals surface area contributed by atoms with Crippen LogP contribution in [0.1, 0.15) is 34.1 Å². The Kier molecular flexibility index (Phi) is 5.54. The third-order valence-electron chi connectivity index (χ3n) is 2.81. The van der Waals surface area contributed by atoms with Crippen molar-refractivity contribution in [3.63, 3.8) is 0 Å². The van der Waals surface area contributed by atoms with Gasteiger partial charge in [0.2, 0.25) is 0 Å². The number of nitrogens with one attached hydrogen (secondary N) is 1. The van der Waals surface area contributed by atoms with Gasteiger partial charge in [0.1, 0.15) is 18.0 Å². The molecule has 0 fully saturated rings. The number of nitrogens with two attached hydrogens (primary N) is 1. The summed E-state index contributed by atoms with van der Waals surface area (Å²) < 4.78 is 0. The van der Waals surface area contributed by atoms with E-state index in [2.05, 4.69) is 41.1 Å². The number of aromatic nitrogens is 2. The van der Waals surface area contributed by atoms with Gasteiger partial charge in [-0.15, -0.1) is 0 Å². The minimum absolute atomic E-state index is 0.255. The molecule has 1 aromatic rings. The fourth-order valence-corrected chi connectivity index (χ4v) is 1.54. The summed E-state index contributed by atoms with van der Waals surface area (Å²) in [6.07, 6.45) is 2.74. The maximum absolute atomic E-state index is 5.95. The van der Waals surface area contributed by atoms with Crippen LogP contribution >= 0.6 is 0 Å². The second kappa shape index (κ2) is 6.70. The van der Waals surface area contributed by atoms with Crippen molar-refractivity contribution in [3.05, 3.63) is 12.4 Å². The van der Waals surface area contributed by atoms with Crippen LogP contribution in [0.15, 0.2) is 12.4 Å². The van der Waals surface area contributed by atoms with Crippen molar-refractivity contribution >= 4 is 11.6 Å². The summed E-state index contributed by atoms with van der Waals surface area (Å²) in [5.41, 5.74) is 5.69. The van der Waals surface area contributed by atoms with Gasteiger partial charge in [-0.3, -0.25) is 0 Å². The molecule has 1 aromatic heterocycles. The molecule has 0 aliphatic rings. The predicted octanol–water partition coefficient (Wildman–Crippen LogP) is 2.11. The average Bonchev–Trinajstić information content (AvgIpc) is 2.33. The summed E-state index contributed by atoms with van der Waals surface area (Å²) in [7, 11) is 2.06. The van der Waals surface area contributed by atoms with Gasteiger partial charge in [0.25, 0.3) is 0 Å². The van der Waals surface area contributed by atoms with E-state index in [-0.39, 0.29) is 5.54 Å². The lowest BCUT2D eigenvalue weighted by Crippen LogP contribution is -2.39. The highest BCUT2D eigenvalue weighted by molar-refractivity contribution is 5.48. The Labute approximate surface area is 116 Å². The van der Waals surface area contributed by atoms with Crippen molar-refractivity contribution in [2.45, 2.75) is 39.7 Å². The van der Waals surface area contributed by atoms with E-state index in [4.69, 9.17) is 5.73 Å². The first kappa shape index (κ1) is 15.7. The monoisotopic (exact) mass is 265 g/mol. The Morgan fingerprint density at radius 3 is 2.63 bits per heavy atom. The van der Waals surface area contributed by atoms with Crippen LogP contribution in [0.3, 0.4) is 0 Å². The molecular formula is C14H27N5. The fourth-order valence-electron chi connectivity index (χ4n) is 1.54. The van der Waals surface area contributed by atoms with Crippen molar-refractivity contribution in [2.24, 2.45) is 11.7 Å². The summed E-state index contributed by atoms with van der Waals surface area (Å²) in [5.74, 6) is 2.45. The molecule has 0 aliphatic carbocycles. The fraction of sp³-hybridized carbons (Fsp3) is 0.714. The lowest BCUT2D eigenvalue weighted by atomic mass is 10.1. The SMILES string of the molecule is CC(C)CCN(C)c1cc(NCC(C)(C)N)ncn1. The van der Waals surface area contributed by atoms with Gasteiger partial charge < -0.3 is 16.0 Å². The zero-order valence-corrected chi connectivity index (χ0v) is 12.8. The van der Waals surface area contributed by atoms with Gasteiger partial charge >= 0.3 is 0 Å². The maximum Gasteiger partial charge on any atom is 0.133 e. The summed E-state index contributed by atoms with van der Waals surface area (Å²) in [6.45, 7) is 10.1. The van der Waals surface area contributed by atoms with Crippen molar-refractivity contribution in [2.75, 3.05) is 30.4 Å². The minimum Gasteiger partial charge on any atom is -0.368 e. The summed E-state index contributed by atoms with van der Waals surface area (Å²) in [6, 6.07) is 1.96. The van der Waals surface area contributed by atoms with Crippen LogP contribution < -0.4 is 16.0 Å². The van der Waals surface area contributed by atoms with Crippen LogP contribution in [0.4, 0.5) is 11.6 Å². The molecule has 0 aromatic carbocycles. The van der Waals surface area contributed by atoms with Gasteiger partial charge in [0, 0.05) is 31.7 Å². The molecule has 0 unspecified atom stereocenters. The molecule has 19 heavy (non-hydrogen) atoms. The Morgan fingerprint density at radius 1 is 1.37 bits per heavy atom. The summed E-state index contributed by atoms with van der Waals surface area (Å²) in [5, 5.41) is 3.24. The molecule has 1 rings (SSSR count). The lowest BCUT2D eigenvalue weighted by molar-refractivity contribution is 0.548. The molecule has 108 valence electrons. The van der Waals surface area contributed by atoms with Crippen molar-refractivity contribution in [1.29, 1.82) is 0 Å². The quantitative estimate of drug-likeness (QED) is 0.790. The summed E-state index contributed by atoms with van der Waals surface area (Å²) >= 11 is 0. The minimum atomic E-state index is -0.255. The first-order valence-electron chi connectivity index (χ1n) is 6.84. The number of anilines is 2. The molecule has 0 spiro atoms. The number of nitrogens with zero attached hydrogens (tertiary/aromatic N) is 3. The van der Waals surface area contributed by atoms with Crippen molar-refractivity contribution < 1.29 is 0 Å². The van der Waals surface area contributed by atoms with Gasteiger partial charge in [-0.05, 0) is 26.2 Å². The first-order valence-corrected chi connectivity index (χ1v) is 6.84. The van der Waals surface area contributed by atoms with Gasteiger partial charge in [-0.25, -0.2) is 9.97 Å². The first-order chi connectivity index (χ1) is 8.78. The Hall–Kier alpha value is -1.36. The van der Waals surface area contributed by atoms with E-state index in [9.17, 15) is 0 Å². The van der Waals surface area contributed by atoms with Crippen molar-refractivity contribution in [3.8, 4) is 0 Å². The normalized spacial score (nSPS) is 11.7. The third kappa shape index (κ3) is 6.38. The average molecular weight is 265 g/mol. The summed E-state index contributed by atoms with van der Waals surface area (Å²) in [4.78, 5) is 10.7. The van der Waals surface area contributed by atoms with E-state index >= 15 is 0 Å². The van der Waals surface area contributed by atoms with E-state index in [0.29, 0.717) is 12.5 Å². The van der Waals surface area contributed by atoms with Crippen LogP contribution in [-0.2, 0) is 0 Å². The second-order valence-corrected chi connectivity index (χ2v) is 6.21. The molecule has 0 saturated heterocycles. The van der Waals surface area contributed by atoms with Gasteiger partial charge in [0.05, 0.1) is 0 Å². The highest BCUT2D eigenvalue weighted by Gasteiger charge is 2.11. The van der Waals surface area contributed by atoms with E-state index in [1.807, 2.05) is 19.9 Å². The molecule has 0 radical (unpaired) electrons. The van der Waals surface area contributed by atoms with E-state index in [0.717, 1.165) is 24.6 Å². The number of hydrogen-bond acceptors (Lipinski definition) is 5. The molecule has 0 aliphatic heterocycles. The Balaban J connectivity index is 2.60. The zero-order valence-electron chi connectivity index (χ0n) is 12.8. The highest BCUT2D eigenvalue weighted by atomic mass is 15.2. The van der Waals surface area contributed by atoms with E-state index < -0.39 is 0 Å². The smallest absolute Gasteiger partial charge is 0.133 e. The number of rotatable bonds is 7. The topological polar surface area (TPSA) is 67.1 Å². The maximum atomic E-state index is 5.95. The van der Waals surface area contributed by atoms with E-state index in [1.54, 1.807) is 6.33 Å². The molecular weight excluding hydrogens is 238 g/mol. The van der Waals surface area contributed by atoms with Crippen LogP contribution in [0, 0.1) is 5.92 Å². The van der Waals surface area contributed by atoms with Gasteiger partial charge in [-0.1, -0.05) is 13.8 Å². The molecule has 5 heteroatoms. The third-order valence-corrected chi connectivity index (χ3v) is 2.81. The number of hydrogen-bond donors (Lipinski definition) is 2. The molecule has 0 saturated carbocycles. The van der Waals surface area contributed by atoms with E-state index in [1.165, 1.54) is 0 Å². The predicted molar refractivity (Wildman–Crippen MR) is 81.5 cm³/mol. The van der Waals surface area contributed by atoms with Crippen LogP contribution in [-0.4, -0.2) is 35.6 Å². The Bertz CT molecular complexity index is 384. The second-order valence-electron chi connectivity index (χ2n) is 6.21. The van der Waals surface area contributed by atoms with Crippen LogP contribution in [0.2, 0.25) is 0 Å². The molecule has 1 heterocycles. The largest absolute Gasteiger partial charge is 0.368 e.